The first kappa shape index (κ1) is 17.8. The third kappa shape index (κ3) is 4.41. The van der Waals surface area contributed by atoms with E-state index in [4.69, 9.17) is 0 Å². The van der Waals surface area contributed by atoms with E-state index in [1.807, 2.05) is 49.4 Å². The number of nitrogens with zero attached hydrogens (tertiary/aromatic N) is 4. The molecule has 0 unspecified atom stereocenters. The fraction of sp³-hybridized carbons (Fsp3) is 0.118. The van der Waals surface area contributed by atoms with Gasteiger partial charge in [0, 0.05) is 5.69 Å². The largest absolute Gasteiger partial charge is 0.330 e. The maximum Gasteiger partial charge on any atom is 0.234 e. The normalized spacial score (nSPS) is 10.9. The van der Waals surface area contributed by atoms with Crippen molar-refractivity contribution in [1.82, 2.24) is 18.9 Å². The Hall–Kier alpha value is -2.56. The topological polar surface area (TPSA) is 92.7 Å². The number of thioether (sulfide) groups is 1. The molecule has 0 saturated heterocycles. The van der Waals surface area contributed by atoms with Gasteiger partial charge in [-0.05, 0) is 36.8 Å². The van der Waals surface area contributed by atoms with Crippen LogP contribution in [0, 0.1) is 6.92 Å². The minimum atomic E-state index is -0.121. The van der Waals surface area contributed by atoms with Gasteiger partial charge in [0.25, 0.3) is 0 Å². The number of aromatic nitrogens is 4. The molecule has 0 bridgehead atoms. The Morgan fingerprint density at radius 1 is 1.15 bits per heavy atom. The number of hydrogen-bond donors (Lipinski definition) is 2. The Morgan fingerprint density at radius 2 is 2.04 bits per heavy atom. The summed E-state index contributed by atoms with van der Waals surface area (Å²) in [6.07, 6.45) is 0. The first-order valence-corrected chi connectivity index (χ1v) is 10.5. The van der Waals surface area contributed by atoms with Gasteiger partial charge in [-0.15, -0.1) is 10.2 Å². The first-order valence-electron chi connectivity index (χ1n) is 7.98. The SMILES string of the molecule is Cc1cccc(Nc2nnc(SCC(=O)Nc3cccc4nsnc34)s2)c1. The summed E-state index contributed by atoms with van der Waals surface area (Å²) >= 11 is 3.89. The zero-order valence-electron chi connectivity index (χ0n) is 14.2. The molecular weight excluding hydrogens is 400 g/mol. The molecule has 136 valence electrons. The van der Waals surface area contributed by atoms with Crippen molar-refractivity contribution in [3.63, 3.8) is 0 Å². The second-order valence-electron chi connectivity index (χ2n) is 5.64. The van der Waals surface area contributed by atoms with Gasteiger partial charge in [0.2, 0.25) is 11.0 Å². The van der Waals surface area contributed by atoms with Crippen molar-refractivity contribution < 1.29 is 4.79 Å². The lowest BCUT2D eigenvalue weighted by molar-refractivity contribution is -0.113. The van der Waals surface area contributed by atoms with Crippen LogP contribution in [0.1, 0.15) is 5.56 Å². The van der Waals surface area contributed by atoms with Gasteiger partial charge in [-0.3, -0.25) is 4.79 Å². The van der Waals surface area contributed by atoms with Gasteiger partial charge in [0.1, 0.15) is 11.0 Å². The summed E-state index contributed by atoms with van der Waals surface area (Å²) in [5.41, 5.74) is 4.29. The van der Waals surface area contributed by atoms with E-state index in [0.29, 0.717) is 16.3 Å². The highest BCUT2D eigenvalue weighted by atomic mass is 32.2. The second-order valence-corrected chi connectivity index (χ2v) is 8.37. The lowest BCUT2D eigenvalue weighted by Crippen LogP contribution is -2.14. The standard InChI is InChI=1S/C17H14N6OS3/c1-10-4-2-5-11(8-10)18-16-20-21-17(26-16)25-9-14(24)19-12-6-3-7-13-15(12)23-27-22-13/h2-8H,9H2,1H3,(H,18,20)(H,19,24). The van der Waals surface area contributed by atoms with Crippen LogP contribution in [0.5, 0.6) is 0 Å². The molecule has 10 heteroatoms. The first-order chi connectivity index (χ1) is 13.2. The summed E-state index contributed by atoms with van der Waals surface area (Å²) in [6.45, 7) is 2.04. The summed E-state index contributed by atoms with van der Waals surface area (Å²) in [6, 6.07) is 13.6. The predicted octanol–water partition coefficient (Wildman–Crippen LogP) is 4.33. The quantitative estimate of drug-likeness (QED) is 0.454. The van der Waals surface area contributed by atoms with Gasteiger partial charge in [0.15, 0.2) is 4.34 Å². The van der Waals surface area contributed by atoms with Crippen LogP contribution in [0.25, 0.3) is 11.0 Å². The van der Waals surface area contributed by atoms with Gasteiger partial charge in [0.05, 0.1) is 23.2 Å². The number of nitrogens with one attached hydrogen (secondary N) is 2. The molecule has 27 heavy (non-hydrogen) atoms. The molecule has 2 heterocycles. The molecule has 0 saturated carbocycles. The fourth-order valence-corrected chi connectivity index (χ4v) is 4.51. The third-order valence-electron chi connectivity index (χ3n) is 3.56. The number of fused-ring (bicyclic) bond motifs is 1. The summed E-state index contributed by atoms with van der Waals surface area (Å²) in [5, 5.41) is 15.1. The minimum Gasteiger partial charge on any atom is -0.330 e. The van der Waals surface area contributed by atoms with Crippen LogP contribution in [0.4, 0.5) is 16.5 Å². The van der Waals surface area contributed by atoms with Crippen molar-refractivity contribution >= 4 is 68.3 Å². The van der Waals surface area contributed by atoms with Crippen LogP contribution in [-0.2, 0) is 4.79 Å². The van der Waals surface area contributed by atoms with E-state index in [1.54, 1.807) is 0 Å². The van der Waals surface area contributed by atoms with Crippen LogP contribution in [-0.4, -0.2) is 30.6 Å². The van der Waals surface area contributed by atoms with E-state index in [-0.39, 0.29) is 11.7 Å². The van der Waals surface area contributed by atoms with Crippen molar-refractivity contribution in [3.8, 4) is 0 Å². The molecule has 0 aliphatic carbocycles. The average molecular weight is 415 g/mol. The van der Waals surface area contributed by atoms with Crippen molar-refractivity contribution in [1.29, 1.82) is 0 Å². The average Bonchev–Trinajstić information content (AvgIpc) is 3.30. The molecule has 7 nitrogen and oxygen atoms in total. The molecule has 2 aromatic carbocycles. The molecule has 0 atom stereocenters. The van der Waals surface area contributed by atoms with E-state index >= 15 is 0 Å². The maximum atomic E-state index is 12.3. The smallest absolute Gasteiger partial charge is 0.234 e. The Morgan fingerprint density at radius 3 is 2.93 bits per heavy atom. The van der Waals surface area contributed by atoms with Gasteiger partial charge in [-0.1, -0.05) is 41.3 Å². The number of carbonyl (C=O) groups is 1. The molecule has 0 aliphatic rings. The highest BCUT2D eigenvalue weighted by Crippen LogP contribution is 2.28. The molecule has 0 radical (unpaired) electrons. The van der Waals surface area contributed by atoms with Gasteiger partial charge >= 0.3 is 0 Å². The summed E-state index contributed by atoms with van der Waals surface area (Å²) in [7, 11) is 0. The molecule has 2 N–H and O–H groups in total. The number of anilines is 3. The van der Waals surface area contributed by atoms with E-state index in [9.17, 15) is 4.79 Å². The number of aryl methyl sites for hydroxylation is 1. The Balaban J connectivity index is 1.34. The van der Waals surface area contributed by atoms with E-state index in [2.05, 4.69) is 29.6 Å². The van der Waals surface area contributed by atoms with Crippen LogP contribution in [0.3, 0.4) is 0 Å². The fourth-order valence-electron chi connectivity index (χ4n) is 2.39. The number of benzene rings is 2. The number of amides is 1. The van der Waals surface area contributed by atoms with Gasteiger partial charge < -0.3 is 10.6 Å². The third-order valence-corrected chi connectivity index (χ3v) is 6.08. The van der Waals surface area contributed by atoms with E-state index in [1.165, 1.54) is 28.7 Å². The Kier molecular flexibility index (Phi) is 5.28. The molecule has 1 amide bonds. The van der Waals surface area contributed by atoms with Crippen LogP contribution < -0.4 is 10.6 Å². The second kappa shape index (κ2) is 7.99. The monoisotopic (exact) mass is 414 g/mol. The Labute approximate surface area is 167 Å². The van der Waals surface area contributed by atoms with Crippen molar-refractivity contribution in [2.45, 2.75) is 11.3 Å². The zero-order valence-corrected chi connectivity index (χ0v) is 16.6. The van der Waals surface area contributed by atoms with Crippen LogP contribution in [0.15, 0.2) is 46.8 Å². The molecule has 2 aromatic heterocycles. The number of carbonyl (C=O) groups excluding carboxylic acids is 1. The summed E-state index contributed by atoms with van der Waals surface area (Å²) in [4.78, 5) is 12.3. The molecule has 0 spiro atoms. The lowest BCUT2D eigenvalue weighted by Gasteiger charge is -2.04. The predicted molar refractivity (Wildman–Crippen MR) is 111 cm³/mol. The molecule has 4 aromatic rings. The highest BCUT2D eigenvalue weighted by Gasteiger charge is 2.11. The van der Waals surface area contributed by atoms with Crippen LogP contribution in [0.2, 0.25) is 0 Å². The maximum absolute atomic E-state index is 12.3. The van der Waals surface area contributed by atoms with Gasteiger partial charge in [-0.25, -0.2) is 0 Å². The highest BCUT2D eigenvalue weighted by molar-refractivity contribution is 8.01. The van der Waals surface area contributed by atoms with E-state index < -0.39 is 0 Å². The van der Waals surface area contributed by atoms with Crippen LogP contribution >= 0.6 is 34.8 Å². The Bertz CT molecular complexity index is 1090. The molecule has 4 rings (SSSR count). The van der Waals surface area contributed by atoms with Crippen molar-refractivity contribution in [2.24, 2.45) is 0 Å². The van der Waals surface area contributed by atoms with Crippen molar-refractivity contribution in [3.05, 3.63) is 48.0 Å². The van der Waals surface area contributed by atoms with Crippen molar-refractivity contribution in [2.75, 3.05) is 16.4 Å². The molecule has 0 fully saturated rings. The number of hydrogen-bond acceptors (Lipinski definition) is 9. The lowest BCUT2D eigenvalue weighted by atomic mass is 10.2. The molecular formula is C17H14N6OS3. The van der Waals surface area contributed by atoms with Gasteiger partial charge in [-0.2, -0.15) is 8.75 Å². The zero-order chi connectivity index (χ0) is 18.6. The summed E-state index contributed by atoms with van der Waals surface area (Å²) in [5.74, 6) is 0.122. The number of rotatable bonds is 6. The van der Waals surface area contributed by atoms with E-state index in [0.717, 1.165) is 27.3 Å². The summed E-state index contributed by atoms with van der Waals surface area (Å²) < 4.78 is 9.12. The molecule has 0 aliphatic heterocycles. The minimum absolute atomic E-state index is 0.121.